The maximum absolute atomic E-state index is 5.84. The molecular formula is C13H16Cl2N2O2. The Morgan fingerprint density at radius 3 is 2.79 bits per heavy atom. The maximum atomic E-state index is 5.84. The van der Waals surface area contributed by atoms with Gasteiger partial charge in [0.25, 0.3) is 0 Å². The lowest BCUT2D eigenvalue weighted by Gasteiger charge is -2.26. The average molecular weight is 303 g/mol. The molecule has 1 aromatic carbocycles. The van der Waals surface area contributed by atoms with Crippen molar-refractivity contribution in [2.45, 2.75) is 13.0 Å². The largest absolute Gasteiger partial charge is 0.486 e. The van der Waals surface area contributed by atoms with Crippen molar-refractivity contribution >= 4 is 35.7 Å². The zero-order valence-electron chi connectivity index (χ0n) is 10.5. The predicted octanol–water partition coefficient (Wildman–Crippen LogP) is 2.49. The Morgan fingerprint density at radius 1 is 1.26 bits per heavy atom. The van der Waals surface area contributed by atoms with Gasteiger partial charge in [0.1, 0.15) is 12.7 Å². The summed E-state index contributed by atoms with van der Waals surface area (Å²) in [5.41, 5.74) is 7.52. The van der Waals surface area contributed by atoms with Gasteiger partial charge >= 0.3 is 0 Å². The first-order valence-corrected chi connectivity index (χ1v) is 5.68. The summed E-state index contributed by atoms with van der Waals surface area (Å²) in [6.45, 7) is 2.93. The van der Waals surface area contributed by atoms with Crippen LogP contribution in [0.4, 0.5) is 0 Å². The molecule has 0 unspecified atom stereocenters. The van der Waals surface area contributed by atoms with Gasteiger partial charge in [-0.15, -0.1) is 24.8 Å². The van der Waals surface area contributed by atoms with E-state index in [0.717, 1.165) is 28.1 Å². The van der Waals surface area contributed by atoms with Crippen LogP contribution in [0.1, 0.15) is 5.69 Å². The van der Waals surface area contributed by atoms with Crippen LogP contribution in [0.3, 0.4) is 0 Å². The number of hydrogen-bond acceptors (Lipinski definition) is 4. The van der Waals surface area contributed by atoms with Crippen LogP contribution in [-0.2, 0) is 0 Å². The number of aryl methyl sites for hydroxylation is 1. The molecule has 0 spiro atoms. The summed E-state index contributed by atoms with van der Waals surface area (Å²) in [7, 11) is 0. The van der Waals surface area contributed by atoms with Gasteiger partial charge < -0.3 is 15.2 Å². The van der Waals surface area contributed by atoms with Crippen LogP contribution in [0.2, 0.25) is 0 Å². The molecule has 0 amide bonds. The van der Waals surface area contributed by atoms with Gasteiger partial charge in [0.15, 0.2) is 11.5 Å². The molecule has 4 nitrogen and oxygen atoms in total. The van der Waals surface area contributed by atoms with Crippen molar-refractivity contribution in [3.05, 3.63) is 30.0 Å². The second kappa shape index (κ2) is 6.28. The molecule has 2 N–H and O–H groups in total. The minimum Gasteiger partial charge on any atom is -0.486 e. The summed E-state index contributed by atoms with van der Waals surface area (Å²) in [4.78, 5) is 4.47. The third-order valence-corrected chi connectivity index (χ3v) is 2.90. The number of rotatable bonds is 1. The van der Waals surface area contributed by atoms with Crippen molar-refractivity contribution in [1.82, 2.24) is 4.98 Å². The molecule has 2 heterocycles. The predicted molar refractivity (Wildman–Crippen MR) is 79.9 cm³/mol. The van der Waals surface area contributed by atoms with Crippen molar-refractivity contribution in [1.29, 1.82) is 0 Å². The van der Waals surface area contributed by atoms with Crippen LogP contribution in [0.15, 0.2) is 24.3 Å². The Hall–Kier alpha value is -1.23. The van der Waals surface area contributed by atoms with Gasteiger partial charge in [0.05, 0.1) is 5.52 Å². The van der Waals surface area contributed by atoms with E-state index in [2.05, 4.69) is 4.98 Å². The van der Waals surface area contributed by atoms with Gasteiger partial charge in [-0.1, -0.05) is 0 Å². The van der Waals surface area contributed by atoms with E-state index in [1.165, 1.54) is 0 Å². The first-order valence-electron chi connectivity index (χ1n) is 5.68. The fourth-order valence-electron chi connectivity index (χ4n) is 1.99. The Morgan fingerprint density at radius 2 is 2.05 bits per heavy atom. The summed E-state index contributed by atoms with van der Waals surface area (Å²) >= 11 is 0. The van der Waals surface area contributed by atoms with Crippen molar-refractivity contribution in [2.75, 3.05) is 13.2 Å². The van der Waals surface area contributed by atoms with Gasteiger partial charge in [-0.2, -0.15) is 0 Å². The lowest BCUT2D eigenvalue weighted by molar-refractivity contribution is 0.0989. The number of fused-ring (bicyclic) bond motifs is 3. The maximum Gasteiger partial charge on any atom is 0.171 e. The molecule has 0 saturated heterocycles. The van der Waals surface area contributed by atoms with Crippen LogP contribution in [0, 0.1) is 6.92 Å². The van der Waals surface area contributed by atoms with E-state index >= 15 is 0 Å². The van der Waals surface area contributed by atoms with E-state index in [1.54, 1.807) is 0 Å². The van der Waals surface area contributed by atoms with E-state index in [-0.39, 0.29) is 30.9 Å². The van der Waals surface area contributed by atoms with Crippen LogP contribution < -0.4 is 15.2 Å². The molecule has 0 bridgehead atoms. The summed E-state index contributed by atoms with van der Waals surface area (Å²) in [5, 5.41) is 0.978. The Balaban J connectivity index is 0.000000902. The fourth-order valence-corrected chi connectivity index (χ4v) is 1.99. The van der Waals surface area contributed by atoms with Crippen LogP contribution in [0.25, 0.3) is 10.9 Å². The lowest BCUT2D eigenvalue weighted by Crippen LogP contribution is -2.35. The molecule has 2 aromatic rings. The van der Waals surface area contributed by atoms with Gasteiger partial charge in [0, 0.05) is 17.6 Å². The number of aromatic nitrogens is 1. The summed E-state index contributed by atoms with van der Waals surface area (Å²) in [6.07, 6.45) is -0.0746. The van der Waals surface area contributed by atoms with Crippen LogP contribution in [0.5, 0.6) is 11.5 Å². The first-order chi connectivity index (χ1) is 8.28. The number of ether oxygens (including phenoxy) is 2. The van der Waals surface area contributed by atoms with Gasteiger partial charge in [-0.05, 0) is 31.2 Å². The van der Waals surface area contributed by atoms with Crippen molar-refractivity contribution in [3.63, 3.8) is 0 Å². The van der Waals surface area contributed by atoms with E-state index in [4.69, 9.17) is 15.2 Å². The number of benzene rings is 1. The molecule has 19 heavy (non-hydrogen) atoms. The highest BCUT2D eigenvalue weighted by atomic mass is 35.5. The molecule has 0 saturated carbocycles. The smallest absolute Gasteiger partial charge is 0.171 e. The second-order valence-corrected chi connectivity index (χ2v) is 4.20. The topological polar surface area (TPSA) is 57.4 Å². The van der Waals surface area contributed by atoms with E-state index in [0.29, 0.717) is 13.2 Å². The van der Waals surface area contributed by atoms with Crippen LogP contribution >= 0.6 is 24.8 Å². The molecule has 1 aliphatic rings. The zero-order chi connectivity index (χ0) is 11.8. The molecule has 3 rings (SSSR count). The quantitative estimate of drug-likeness (QED) is 0.879. The standard InChI is InChI=1S/C13H14N2O2.2ClH/c1-8-2-3-10-11(15-8)4-5-12-13(10)17-9(6-14)7-16-12;;/h2-5,9H,6-7,14H2,1H3;2*1H/t9-;;/m0../s1. The van der Waals surface area contributed by atoms with E-state index in [9.17, 15) is 0 Å². The highest BCUT2D eigenvalue weighted by Crippen LogP contribution is 2.38. The number of hydrogen-bond donors (Lipinski definition) is 1. The average Bonchev–Trinajstić information content (AvgIpc) is 2.37. The molecule has 1 atom stereocenters. The monoisotopic (exact) mass is 302 g/mol. The molecule has 104 valence electrons. The fraction of sp³-hybridized carbons (Fsp3) is 0.308. The molecule has 6 heteroatoms. The highest BCUT2D eigenvalue weighted by Gasteiger charge is 2.22. The third kappa shape index (κ3) is 2.86. The Labute approximate surface area is 124 Å². The van der Waals surface area contributed by atoms with Crippen molar-refractivity contribution < 1.29 is 9.47 Å². The SMILES string of the molecule is Cc1ccc2c3c(ccc2n1)OC[C@H](CN)O3.Cl.Cl. The Kier molecular flexibility index (Phi) is 5.23. The lowest BCUT2D eigenvalue weighted by atomic mass is 10.1. The van der Waals surface area contributed by atoms with Gasteiger partial charge in [0.2, 0.25) is 0 Å². The van der Waals surface area contributed by atoms with Gasteiger partial charge in [-0.3, -0.25) is 4.98 Å². The summed E-state index contributed by atoms with van der Waals surface area (Å²) < 4.78 is 11.5. The number of nitrogens with two attached hydrogens (primary N) is 1. The molecular weight excluding hydrogens is 287 g/mol. The first kappa shape index (κ1) is 15.8. The zero-order valence-corrected chi connectivity index (χ0v) is 12.1. The minimum atomic E-state index is -0.0746. The molecule has 1 aromatic heterocycles. The minimum absolute atomic E-state index is 0. The summed E-state index contributed by atoms with van der Waals surface area (Å²) in [6, 6.07) is 7.83. The van der Waals surface area contributed by atoms with Crippen molar-refractivity contribution in [2.24, 2.45) is 5.73 Å². The number of pyridine rings is 1. The van der Waals surface area contributed by atoms with E-state index < -0.39 is 0 Å². The Bertz CT molecular complexity index is 578. The number of nitrogens with zero attached hydrogens (tertiary/aromatic N) is 1. The van der Waals surface area contributed by atoms with Gasteiger partial charge in [-0.25, -0.2) is 0 Å². The normalized spacial score (nSPS) is 16.4. The van der Waals surface area contributed by atoms with E-state index in [1.807, 2.05) is 31.2 Å². The molecule has 0 aliphatic carbocycles. The molecule has 0 fully saturated rings. The summed E-state index contributed by atoms with van der Waals surface area (Å²) in [5.74, 6) is 1.53. The molecule has 0 radical (unpaired) electrons. The highest BCUT2D eigenvalue weighted by molar-refractivity contribution is 5.88. The third-order valence-electron chi connectivity index (χ3n) is 2.90. The molecule has 1 aliphatic heterocycles. The van der Waals surface area contributed by atoms with Crippen molar-refractivity contribution in [3.8, 4) is 11.5 Å². The second-order valence-electron chi connectivity index (χ2n) is 4.20. The van der Waals surface area contributed by atoms with Crippen LogP contribution in [-0.4, -0.2) is 24.2 Å². The number of halogens is 2.